The lowest BCUT2D eigenvalue weighted by Gasteiger charge is -2.36. The number of carboxylic acid groups (broad SMARTS) is 1. The summed E-state index contributed by atoms with van der Waals surface area (Å²) in [6.07, 6.45) is 6.40. The fourth-order valence-corrected chi connectivity index (χ4v) is 4.03. The third-order valence-electron chi connectivity index (χ3n) is 5.08. The van der Waals surface area contributed by atoms with E-state index in [0.29, 0.717) is 13.0 Å². The van der Waals surface area contributed by atoms with Gasteiger partial charge < -0.3 is 5.11 Å². The third-order valence-corrected chi connectivity index (χ3v) is 5.08. The molecule has 0 aromatic rings. The summed E-state index contributed by atoms with van der Waals surface area (Å²) in [5, 5.41) is 9.35. The molecular weight excluding hydrogens is 272 g/mol. The number of aliphatic carboxylic acids is 1. The summed E-state index contributed by atoms with van der Waals surface area (Å²) in [4.78, 5) is 39.5. The van der Waals surface area contributed by atoms with Gasteiger partial charge in [0.1, 0.15) is 6.04 Å². The van der Waals surface area contributed by atoms with Gasteiger partial charge in [-0.25, -0.2) is 0 Å². The topological polar surface area (TPSA) is 77.9 Å². The van der Waals surface area contributed by atoms with Crippen molar-refractivity contribution in [1.29, 1.82) is 0 Å². The Hall–Kier alpha value is -1.43. The van der Waals surface area contributed by atoms with Crippen molar-refractivity contribution in [2.75, 3.05) is 6.54 Å². The van der Waals surface area contributed by atoms with Crippen LogP contribution in [0.3, 0.4) is 0 Å². The van der Waals surface area contributed by atoms with E-state index in [1.807, 2.05) is 0 Å². The van der Waals surface area contributed by atoms with Crippen LogP contribution in [0.5, 0.6) is 0 Å². The molecule has 3 aliphatic rings. The molecular formula is C15H22N2O4. The highest BCUT2D eigenvalue weighted by atomic mass is 16.4. The van der Waals surface area contributed by atoms with Gasteiger partial charge in [-0.05, 0) is 32.2 Å². The number of carboxylic acids is 1. The summed E-state index contributed by atoms with van der Waals surface area (Å²) in [5.74, 6) is -1.17. The van der Waals surface area contributed by atoms with Crippen molar-refractivity contribution in [3.63, 3.8) is 0 Å². The molecule has 6 heteroatoms. The van der Waals surface area contributed by atoms with Gasteiger partial charge in [0.05, 0.1) is 12.5 Å². The number of amides is 2. The standard InChI is InChI=1S/C15H22N2O4/c18-13-9-12(14(19)17(13)10-5-1-2-6-10)16-8-4-3-7-11(16)15(20)21/h10-12H,1-9H2,(H,20,21). The summed E-state index contributed by atoms with van der Waals surface area (Å²) in [5.41, 5.74) is 0. The highest BCUT2D eigenvalue weighted by Gasteiger charge is 2.48. The maximum atomic E-state index is 12.6. The van der Waals surface area contributed by atoms with Crippen LogP contribution in [0.25, 0.3) is 0 Å². The predicted molar refractivity (Wildman–Crippen MR) is 74.5 cm³/mol. The summed E-state index contributed by atoms with van der Waals surface area (Å²) < 4.78 is 0. The summed E-state index contributed by atoms with van der Waals surface area (Å²) in [6, 6.07) is -1.13. The summed E-state index contributed by atoms with van der Waals surface area (Å²) in [6.45, 7) is 0.596. The van der Waals surface area contributed by atoms with Crippen LogP contribution >= 0.6 is 0 Å². The first-order valence-electron chi connectivity index (χ1n) is 7.94. The number of nitrogens with zero attached hydrogens (tertiary/aromatic N) is 2. The summed E-state index contributed by atoms with van der Waals surface area (Å²) in [7, 11) is 0. The van der Waals surface area contributed by atoms with Crippen LogP contribution < -0.4 is 0 Å². The smallest absolute Gasteiger partial charge is 0.320 e. The van der Waals surface area contributed by atoms with Crippen LogP contribution in [-0.4, -0.2) is 57.4 Å². The molecule has 2 heterocycles. The molecule has 1 aliphatic carbocycles. The van der Waals surface area contributed by atoms with E-state index >= 15 is 0 Å². The van der Waals surface area contributed by atoms with E-state index in [4.69, 9.17) is 0 Å². The fraction of sp³-hybridized carbons (Fsp3) is 0.800. The molecule has 3 fully saturated rings. The molecule has 6 nitrogen and oxygen atoms in total. The maximum Gasteiger partial charge on any atom is 0.320 e. The van der Waals surface area contributed by atoms with E-state index in [2.05, 4.69) is 0 Å². The Kier molecular flexibility index (Phi) is 3.97. The van der Waals surface area contributed by atoms with Crippen molar-refractivity contribution in [2.45, 2.75) is 69.5 Å². The van der Waals surface area contributed by atoms with E-state index in [-0.39, 0.29) is 24.3 Å². The van der Waals surface area contributed by atoms with Crippen molar-refractivity contribution in [3.8, 4) is 0 Å². The Labute approximate surface area is 124 Å². The SMILES string of the molecule is O=C(O)C1CCCCN1C1CC(=O)N(C2CCCC2)C1=O. The average Bonchev–Trinajstić information content (AvgIpc) is 3.07. The number of carbonyl (C=O) groups is 3. The molecule has 2 amide bonds. The van der Waals surface area contributed by atoms with Gasteiger partial charge in [0.15, 0.2) is 0 Å². The van der Waals surface area contributed by atoms with Gasteiger partial charge in [0.2, 0.25) is 11.8 Å². The van der Waals surface area contributed by atoms with Gasteiger partial charge in [-0.3, -0.25) is 24.2 Å². The quantitative estimate of drug-likeness (QED) is 0.786. The van der Waals surface area contributed by atoms with Gasteiger partial charge in [0, 0.05) is 6.04 Å². The number of carbonyl (C=O) groups excluding carboxylic acids is 2. The van der Waals surface area contributed by atoms with E-state index in [9.17, 15) is 19.5 Å². The van der Waals surface area contributed by atoms with Gasteiger partial charge in [-0.1, -0.05) is 19.3 Å². The monoisotopic (exact) mass is 294 g/mol. The molecule has 0 bridgehead atoms. The Morgan fingerprint density at radius 1 is 1.05 bits per heavy atom. The van der Waals surface area contributed by atoms with Crippen molar-refractivity contribution >= 4 is 17.8 Å². The molecule has 0 aromatic heterocycles. The van der Waals surface area contributed by atoms with Crippen molar-refractivity contribution < 1.29 is 19.5 Å². The van der Waals surface area contributed by atoms with Gasteiger partial charge in [0.25, 0.3) is 0 Å². The average molecular weight is 294 g/mol. The van der Waals surface area contributed by atoms with E-state index in [1.54, 1.807) is 4.90 Å². The first-order valence-corrected chi connectivity index (χ1v) is 7.94. The van der Waals surface area contributed by atoms with E-state index < -0.39 is 18.1 Å². The fourth-order valence-electron chi connectivity index (χ4n) is 4.03. The lowest BCUT2D eigenvalue weighted by atomic mass is 9.99. The zero-order chi connectivity index (χ0) is 15.0. The van der Waals surface area contributed by atoms with Gasteiger partial charge in [-0.15, -0.1) is 0 Å². The number of rotatable bonds is 3. The number of hydrogen-bond donors (Lipinski definition) is 1. The van der Waals surface area contributed by atoms with E-state index in [0.717, 1.165) is 38.5 Å². The Balaban J connectivity index is 1.77. The Morgan fingerprint density at radius 2 is 1.71 bits per heavy atom. The first-order chi connectivity index (χ1) is 10.1. The summed E-state index contributed by atoms with van der Waals surface area (Å²) >= 11 is 0. The van der Waals surface area contributed by atoms with Crippen molar-refractivity contribution in [3.05, 3.63) is 0 Å². The van der Waals surface area contributed by atoms with Gasteiger partial charge >= 0.3 is 5.97 Å². The minimum Gasteiger partial charge on any atom is -0.480 e. The second-order valence-electron chi connectivity index (χ2n) is 6.35. The van der Waals surface area contributed by atoms with Crippen LogP contribution in [0.2, 0.25) is 0 Å². The molecule has 116 valence electrons. The number of likely N-dealkylation sites (tertiary alicyclic amines) is 2. The molecule has 0 aromatic carbocycles. The lowest BCUT2D eigenvalue weighted by Crippen LogP contribution is -2.53. The molecule has 2 aliphatic heterocycles. The molecule has 0 radical (unpaired) electrons. The highest BCUT2D eigenvalue weighted by molar-refractivity contribution is 6.06. The van der Waals surface area contributed by atoms with Crippen molar-refractivity contribution in [1.82, 2.24) is 9.80 Å². The predicted octanol–water partition coefficient (Wildman–Crippen LogP) is 0.996. The van der Waals surface area contributed by atoms with Gasteiger partial charge in [-0.2, -0.15) is 0 Å². The molecule has 2 saturated heterocycles. The molecule has 0 spiro atoms. The van der Waals surface area contributed by atoms with E-state index in [1.165, 1.54) is 4.90 Å². The zero-order valence-corrected chi connectivity index (χ0v) is 12.2. The molecule has 1 N–H and O–H groups in total. The highest BCUT2D eigenvalue weighted by Crippen LogP contribution is 2.32. The third kappa shape index (κ3) is 2.57. The maximum absolute atomic E-state index is 12.6. The lowest BCUT2D eigenvalue weighted by molar-refractivity contribution is -0.148. The second kappa shape index (κ2) is 5.75. The van der Waals surface area contributed by atoms with Crippen molar-refractivity contribution in [2.24, 2.45) is 0 Å². The second-order valence-corrected chi connectivity index (χ2v) is 6.35. The van der Waals surface area contributed by atoms with Crippen LogP contribution in [-0.2, 0) is 14.4 Å². The Bertz CT molecular complexity index is 459. The minimum atomic E-state index is -0.880. The van der Waals surface area contributed by atoms with Crippen LogP contribution in [0.1, 0.15) is 51.4 Å². The van der Waals surface area contributed by atoms with Crippen LogP contribution in [0.15, 0.2) is 0 Å². The van der Waals surface area contributed by atoms with Crippen LogP contribution in [0.4, 0.5) is 0 Å². The molecule has 2 atom stereocenters. The Morgan fingerprint density at radius 3 is 2.38 bits per heavy atom. The number of imide groups is 1. The molecule has 1 saturated carbocycles. The number of piperidine rings is 1. The minimum absolute atomic E-state index is 0.0445. The zero-order valence-electron chi connectivity index (χ0n) is 12.2. The molecule has 3 rings (SSSR count). The normalized spacial score (nSPS) is 32.1. The largest absolute Gasteiger partial charge is 0.480 e. The first kappa shape index (κ1) is 14.5. The molecule has 21 heavy (non-hydrogen) atoms. The van der Waals surface area contributed by atoms with Crippen LogP contribution in [0, 0.1) is 0 Å². The molecule has 2 unspecified atom stereocenters. The number of hydrogen-bond acceptors (Lipinski definition) is 4.